The molecule has 0 bridgehead atoms. The van der Waals surface area contributed by atoms with Crippen molar-refractivity contribution in [2.75, 3.05) is 11.6 Å². The summed E-state index contributed by atoms with van der Waals surface area (Å²) >= 11 is 1.37. The third-order valence-electron chi connectivity index (χ3n) is 5.55. The highest BCUT2D eigenvalue weighted by Crippen LogP contribution is 2.53. The van der Waals surface area contributed by atoms with Gasteiger partial charge in [-0.05, 0) is 30.6 Å². The molecule has 1 amide bonds. The number of hydrogen-bond donors (Lipinski definition) is 1. The summed E-state index contributed by atoms with van der Waals surface area (Å²) in [6.45, 7) is 1.38. The number of halogens is 5. The summed E-state index contributed by atoms with van der Waals surface area (Å²) in [5, 5.41) is 6.59. The van der Waals surface area contributed by atoms with Gasteiger partial charge in [-0.3, -0.25) is 14.5 Å². The van der Waals surface area contributed by atoms with Crippen molar-refractivity contribution in [2.24, 2.45) is 5.41 Å². The number of alkyl halides is 5. The van der Waals surface area contributed by atoms with Crippen LogP contribution < -0.4 is 5.32 Å². The Bertz CT molecular complexity index is 1010. The molecule has 0 radical (unpaired) electrons. The van der Waals surface area contributed by atoms with Gasteiger partial charge in [0.05, 0.1) is 17.6 Å². The van der Waals surface area contributed by atoms with E-state index in [0.29, 0.717) is 12.8 Å². The molecule has 31 heavy (non-hydrogen) atoms. The second kappa shape index (κ2) is 7.46. The van der Waals surface area contributed by atoms with Gasteiger partial charge < -0.3 is 5.32 Å². The van der Waals surface area contributed by atoms with E-state index in [2.05, 4.69) is 15.4 Å². The Morgan fingerprint density at radius 3 is 2.52 bits per heavy atom. The normalized spacial score (nSPS) is 19.7. The summed E-state index contributed by atoms with van der Waals surface area (Å²) in [7, 11) is 0. The summed E-state index contributed by atoms with van der Waals surface area (Å²) in [6.07, 6.45) is 0.0899. The maximum Gasteiger partial charge on any atom is 0.420 e. The predicted molar refractivity (Wildman–Crippen MR) is 105 cm³/mol. The van der Waals surface area contributed by atoms with Gasteiger partial charge >= 0.3 is 6.18 Å². The van der Waals surface area contributed by atoms with Crippen LogP contribution in [0.15, 0.2) is 23.4 Å². The van der Waals surface area contributed by atoms with Crippen LogP contribution in [0, 0.1) is 5.41 Å². The SMILES string of the molecule is CSc1cncc(NC(=O)c2c(C(F)(F)F)c(C3CC3)nn2CC2(C)CC(F)(F)C2)c1. The van der Waals surface area contributed by atoms with E-state index in [1.165, 1.54) is 18.0 Å². The van der Waals surface area contributed by atoms with Crippen molar-refractivity contribution in [1.29, 1.82) is 0 Å². The molecule has 2 fully saturated rings. The molecule has 2 aromatic rings. The molecule has 2 aromatic heterocycles. The lowest BCUT2D eigenvalue weighted by atomic mass is 9.67. The first kappa shape index (κ1) is 22.0. The van der Waals surface area contributed by atoms with Crippen molar-refractivity contribution in [3.63, 3.8) is 0 Å². The molecule has 2 heterocycles. The van der Waals surface area contributed by atoms with Crippen LogP contribution in [0.2, 0.25) is 0 Å². The molecule has 11 heteroatoms. The number of carbonyl (C=O) groups is 1. The molecule has 0 unspecified atom stereocenters. The van der Waals surface area contributed by atoms with Crippen molar-refractivity contribution in [3.8, 4) is 0 Å². The van der Waals surface area contributed by atoms with Crippen LogP contribution in [-0.4, -0.2) is 32.8 Å². The number of nitrogens with one attached hydrogen (secondary N) is 1. The van der Waals surface area contributed by atoms with Gasteiger partial charge in [-0.15, -0.1) is 11.8 Å². The molecular weight excluding hydrogens is 439 g/mol. The molecule has 0 aromatic carbocycles. The fraction of sp³-hybridized carbons (Fsp3) is 0.550. The van der Waals surface area contributed by atoms with Crippen LogP contribution in [0.4, 0.5) is 27.6 Å². The van der Waals surface area contributed by atoms with Gasteiger partial charge in [0.2, 0.25) is 5.92 Å². The minimum atomic E-state index is -4.80. The fourth-order valence-electron chi connectivity index (χ4n) is 4.21. The van der Waals surface area contributed by atoms with Gasteiger partial charge in [-0.1, -0.05) is 6.92 Å². The highest BCUT2D eigenvalue weighted by molar-refractivity contribution is 7.98. The van der Waals surface area contributed by atoms with Crippen LogP contribution in [0.3, 0.4) is 0 Å². The summed E-state index contributed by atoms with van der Waals surface area (Å²) in [5.74, 6) is -4.21. The van der Waals surface area contributed by atoms with Crippen LogP contribution in [0.5, 0.6) is 0 Å². The Morgan fingerprint density at radius 1 is 1.29 bits per heavy atom. The molecule has 1 N–H and O–H groups in total. The molecule has 0 atom stereocenters. The quantitative estimate of drug-likeness (QED) is 0.451. The van der Waals surface area contributed by atoms with E-state index < -0.39 is 47.5 Å². The fourth-order valence-corrected chi connectivity index (χ4v) is 4.62. The first-order chi connectivity index (χ1) is 14.4. The molecule has 5 nitrogen and oxygen atoms in total. The maximum absolute atomic E-state index is 14.0. The zero-order valence-corrected chi connectivity index (χ0v) is 17.7. The van der Waals surface area contributed by atoms with Gasteiger partial charge in [0.1, 0.15) is 11.3 Å². The Labute approximate surface area is 179 Å². The molecular formula is C20H21F5N4OS. The number of hydrogen-bond acceptors (Lipinski definition) is 4. The number of pyridine rings is 1. The van der Waals surface area contributed by atoms with Gasteiger partial charge in [0.15, 0.2) is 0 Å². The topological polar surface area (TPSA) is 59.8 Å². The number of aromatic nitrogens is 3. The highest BCUT2D eigenvalue weighted by atomic mass is 32.2. The highest BCUT2D eigenvalue weighted by Gasteiger charge is 2.55. The van der Waals surface area contributed by atoms with Crippen molar-refractivity contribution in [1.82, 2.24) is 14.8 Å². The molecule has 0 aliphatic heterocycles. The Hall–Kier alpha value is -2.17. The van der Waals surface area contributed by atoms with E-state index in [1.54, 1.807) is 25.4 Å². The van der Waals surface area contributed by atoms with E-state index in [4.69, 9.17) is 0 Å². The number of nitrogens with zero attached hydrogens (tertiary/aromatic N) is 3. The first-order valence-electron chi connectivity index (χ1n) is 9.77. The second-order valence-electron chi connectivity index (χ2n) is 8.63. The van der Waals surface area contributed by atoms with E-state index in [9.17, 15) is 26.7 Å². The largest absolute Gasteiger partial charge is 0.420 e. The number of rotatable bonds is 6. The summed E-state index contributed by atoms with van der Waals surface area (Å²) in [6, 6.07) is 1.60. The molecule has 2 aliphatic carbocycles. The Morgan fingerprint density at radius 2 is 1.97 bits per heavy atom. The summed E-state index contributed by atoms with van der Waals surface area (Å²) < 4.78 is 69.9. The number of carbonyl (C=O) groups excluding carboxylic acids is 1. The lowest BCUT2D eigenvalue weighted by Crippen LogP contribution is -2.47. The standard InChI is InChI=1S/C20H21F5N4OS/c1-18(8-19(21,22)9-18)10-29-16(14(20(23,24)25)15(28-29)11-3-4-11)17(30)27-12-5-13(31-2)7-26-6-12/h5-7,11H,3-4,8-10H2,1-2H3,(H,27,30). The van der Waals surface area contributed by atoms with E-state index in [0.717, 1.165) is 9.58 Å². The molecule has 2 aliphatic rings. The van der Waals surface area contributed by atoms with Crippen LogP contribution >= 0.6 is 11.8 Å². The molecule has 168 valence electrons. The smallest absolute Gasteiger partial charge is 0.319 e. The summed E-state index contributed by atoms with van der Waals surface area (Å²) in [5.41, 5.74) is -2.58. The van der Waals surface area contributed by atoms with Gasteiger partial charge in [-0.2, -0.15) is 18.3 Å². The molecule has 4 rings (SSSR count). The number of anilines is 1. The van der Waals surface area contributed by atoms with Gasteiger partial charge in [0.25, 0.3) is 5.91 Å². The minimum Gasteiger partial charge on any atom is -0.319 e. The Balaban J connectivity index is 1.73. The number of thioether (sulfide) groups is 1. The van der Waals surface area contributed by atoms with Crippen LogP contribution in [0.1, 0.15) is 60.3 Å². The monoisotopic (exact) mass is 460 g/mol. The van der Waals surface area contributed by atoms with Crippen molar-refractivity contribution in [2.45, 2.75) is 62.1 Å². The van der Waals surface area contributed by atoms with E-state index in [1.807, 2.05) is 0 Å². The molecule has 0 spiro atoms. The van der Waals surface area contributed by atoms with Crippen LogP contribution in [0.25, 0.3) is 0 Å². The zero-order chi connectivity index (χ0) is 22.6. The Kier molecular flexibility index (Phi) is 5.30. The first-order valence-corrected chi connectivity index (χ1v) is 11.0. The second-order valence-corrected chi connectivity index (χ2v) is 9.51. The lowest BCUT2D eigenvalue weighted by molar-refractivity contribution is -0.160. The van der Waals surface area contributed by atoms with Gasteiger partial charge in [-0.25, -0.2) is 8.78 Å². The van der Waals surface area contributed by atoms with Crippen molar-refractivity contribution < 1.29 is 26.7 Å². The lowest BCUT2D eigenvalue weighted by Gasteiger charge is -2.44. The minimum absolute atomic E-state index is 0.177. The number of amides is 1. The van der Waals surface area contributed by atoms with E-state index in [-0.39, 0.29) is 23.8 Å². The third kappa shape index (κ3) is 4.56. The van der Waals surface area contributed by atoms with Crippen molar-refractivity contribution in [3.05, 3.63) is 35.4 Å². The summed E-state index contributed by atoms with van der Waals surface area (Å²) in [4.78, 5) is 17.7. The average Bonchev–Trinajstić information content (AvgIpc) is 3.40. The third-order valence-corrected chi connectivity index (χ3v) is 6.25. The maximum atomic E-state index is 14.0. The zero-order valence-electron chi connectivity index (χ0n) is 16.9. The molecule has 2 saturated carbocycles. The predicted octanol–water partition coefficient (Wildman–Crippen LogP) is 5.58. The van der Waals surface area contributed by atoms with Crippen molar-refractivity contribution >= 4 is 23.4 Å². The molecule has 0 saturated heterocycles. The van der Waals surface area contributed by atoms with E-state index >= 15 is 0 Å². The van der Waals surface area contributed by atoms with Crippen LogP contribution in [-0.2, 0) is 12.7 Å². The average molecular weight is 460 g/mol. The van der Waals surface area contributed by atoms with Gasteiger partial charge in [0, 0.05) is 36.4 Å².